The number of amides is 1. The first-order valence-electron chi connectivity index (χ1n) is 8.33. The fourth-order valence-corrected chi connectivity index (χ4v) is 2.75. The van der Waals surface area contributed by atoms with Crippen molar-refractivity contribution in [3.05, 3.63) is 65.7 Å². The van der Waals surface area contributed by atoms with Crippen molar-refractivity contribution in [3.8, 4) is 5.75 Å². The molecule has 0 radical (unpaired) electrons. The molecule has 0 spiro atoms. The van der Waals surface area contributed by atoms with E-state index in [0.29, 0.717) is 32.7 Å². The number of ether oxygens (including phenoxy) is 2. The molecule has 0 saturated carbocycles. The van der Waals surface area contributed by atoms with Gasteiger partial charge in [-0.15, -0.1) is 0 Å². The maximum absolute atomic E-state index is 12.5. The molecule has 2 aromatic rings. The Hall–Kier alpha value is -2.33. The molecule has 4 heteroatoms. The number of morpholine rings is 1. The highest BCUT2D eigenvalue weighted by Crippen LogP contribution is 2.14. The first-order chi connectivity index (χ1) is 11.7. The molecule has 24 heavy (non-hydrogen) atoms. The van der Waals surface area contributed by atoms with E-state index < -0.39 is 0 Å². The molecule has 3 rings (SSSR count). The van der Waals surface area contributed by atoms with Gasteiger partial charge in [0.15, 0.2) is 0 Å². The zero-order valence-corrected chi connectivity index (χ0v) is 14.0. The van der Waals surface area contributed by atoms with Crippen LogP contribution in [0.25, 0.3) is 0 Å². The van der Waals surface area contributed by atoms with Crippen LogP contribution in [0.15, 0.2) is 54.6 Å². The van der Waals surface area contributed by atoms with E-state index in [4.69, 9.17) is 9.47 Å². The number of carbonyl (C=O) groups excluding carboxylic acids is 1. The van der Waals surface area contributed by atoms with E-state index in [2.05, 4.69) is 0 Å². The Morgan fingerprint density at radius 1 is 1.17 bits per heavy atom. The van der Waals surface area contributed by atoms with Crippen LogP contribution in [-0.2, 0) is 16.0 Å². The number of carbonyl (C=O) groups is 1. The molecule has 0 aliphatic carbocycles. The molecule has 1 saturated heterocycles. The zero-order chi connectivity index (χ0) is 16.8. The molecule has 1 aliphatic rings. The van der Waals surface area contributed by atoms with E-state index in [1.807, 2.05) is 66.4 Å². The van der Waals surface area contributed by atoms with Gasteiger partial charge in [-0.3, -0.25) is 4.79 Å². The molecule has 1 aliphatic heterocycles. The third kappa shape index (κ3) is 4.59. The molecular weight excluding hydrogens is 302 g/mol. The molecule has 126 valence electrons. The average molecular weight is 325 g/mol. The van der Waals surface area contributed by atoms with Crippen LogP contribution in [0.5, 0.6) is 5.75 Å². The fourth-order valence-electron chi connectivity index (χ4n) is 2.75. The van der Waals surface area contributed by atoms with E-state index in [1.165, 1.54) is 5.56 Å². The van der Waals surface area contributed by atoms with Crippen LogP contribution in [0, 0.1) is 6.92 Å². The highest BCUT2D eigenvalue weighted by molar-refractivity contribution is 5.78. The van der Waals surface area contributed by atoms with Gasteiger partial charge in [0.1, 0.15) is 18.5 Å². The van der Waals surface area contributed by atoms with Crippen molar-refractivity contribution in [1.82, 2.24) is 4.90 Å². The van der Waals surface area contributed by atoms with Gasteiger partial charge in [0.2, 0.25) is 5.91 Å². The molecule has 0 aromatic heterocycles. The third-order valence-electron chi connectivity index (χ3n) is 4.15. The highest BCUT2D eigenvalue weighted by atomic mass is 16.5. The van der Waals surface area contributed by atoms with Crippen LogP contribution in [0.1, 0.15) is 11.1 Å². The predicted octanol–water partition coefficient (Wildman–Crippen LogP) is 2.84. The maximum atomic E-state index is 12.5. The molecule has 1 fully saturated rings. The normalized spacial score (nSPS) is 17.5. The monoisotopic (exact) mass is 325 g/mol. The third-order valence-corrected chi connectivity index (χ3v) is 4.15. The smallest absolute Gasteiger partial charge is 0.227 e. The minimum absolute atomic E-state index is 0.0835. The van der Waals surface area contributed by atoms with Crippen LogP contribution in [0.3, 0.4) is 0 Å². The second kappa shape index (κ2) is 7.97. The van der Waals surface area contributed by atoms with Crippen molar-refractivity contribution in [2.24, 2.45) is 0 Å². The van der Waals surface area contributed by atoms with Gasteiger partial charge in [-0.1, -0.05) is 48.0 Å². The summed E-state index contributed by atoms with van der Waals surface area (Å²) in [6, 6.07) is 17.8. The molecule has 0 N–H and O–H groups in total. The lowest BCUT2D eigenvalue weighted by molar-refractivity contribution is -0.139. The van der Waals surface area contributed by atoms with Gasteiger partial charge in [-0.05, 0) is 24.6 Å². The van der Waals surface area contributed by atoms with Crippen LogP contribution in [-0.4, -0.2) is 43.2 Å². The molecular formula is C20H23NO3. The lowest BCUT2D eigenvalue weighted by Gasteiger charge is -2.33. The predicted molar refractivity (Wildman–Crippen MR) is 93.1 cm³/mol. The van der Waals surface area contributed by atoms with Crippen molar-refractivity contribution < 1.29 is 14.3 Å². The molecule has 1 heterocycles. The van der Waals surface area contributed by atoms with E-state index in [1.54, 1.807) is 0 Å². The molecule has 1 unspecified atom stereocenters. The Morgan fingerprint density at radius 2 is 1.92 bits per heavy atom. The van der Waals surface area contributed by atoms with Crippen molar-refractivity contribution >= 4 is 5.91 Å². The Labute approximate surface area is 143 Å². The molecule has 0 bridgehead atoms. The van der Waals surface area contributed by atoms with Gasteiger partial charge >= 0.3 is 0 Å². The molecule has 1 amide bonds. The number of benzene rings is 2. The minimum atomic E-state index is -0.0835. The molecule has 4 nitrogen and oxygen atoms in total. The van der Waals surface area contributed by atoms with Gasteiger partial charge in [-0.2, -0.15) is 0 Å². The van der Waals surface area contributed by atoms with E-state index in [-0.39, 0.29) is 12.0 Å². The summed E-state index contributed by atoms with van der Waals surface area (Å²) in [5.74, 6) is 0.974. The Balaban J connectivity index is 1.50. The fraction of sp³-hybridized carbons (Fsp3) is 0.350. The lowest BCUT2D eigenvalue weighted by Crippen LogP contribution is -2.48. The van der Waals surface area contributed by atoms with Crippen molar-refractivity contribution in [1.29, 1.82) is 0 Å². The van der Waals surface area contributed by atoms with Crippen molar-refractivity contribution in [2.45, 2.75) is 19.4 Å². The quantitative estimate of drug-likeness (QED) is 0.848. The summed E-state index contributed by atoms with van der Waals surface area (Å²) in [5, 5.41) is 0. The topological polar surface area (TPSA) is 38.8 Å². The summed E-state index contributed by atoms with van der Waals surface area (Å²) in [6.07, 6.45) is 0.353. The standard InChI is InChI=1S/C20H23NO3/c1-16-7-9-18(10-8-16)24-15-19-14-21(11-12-23-19)20(22)13-17-5-3-2-4-6-17/h2-10,19H,11-15H2,1H3. The Kier molecular flexibility index (Phi) is 5.49. The van der Waals surface area contributed by atoms with Crippen molar-refractivity contribution in [3.63, 3.8) is 0 Å². The van der Waals surface area contributed by atoms with Crippen LogP contribution < -0.4 is 4.74 Å². The number of hydrogen-bond donors (Lipinski definition) is 0. The molecule has 2 aromatic carbocycles. The Bertz CT molecular complexity index is 654. The van der Waals surface area contributed by atoms with E-state index >= 15 is 0 Å². The lowest BCUT2D eigenvalue weighted by atomic mass is 10.1. The zero-order valence-electron chi connectivity index (χ0n) is 14.0. The summed E-state index contributed by atoms with van der Waals surface area (Å²) in [5.41, 5.74) is 2.25. The second-order valence-electron chi connectivity index (χ2n) is 6.12. The summed E-state index contributed by atoms with van der Waals surface area (Å²) >= 11 is 0. The summed E-state index contributed by atoms with van der Waals surface area (Å²) < 4.78 is 11.5. The number of aryl methyl sites for hydroxylation is 1. The minimum Gasteiger partial charge on any atom is -0.491 e. The SMILES string of the molecule is Cc1ccc(OCC2CN(C(=O)Cc3ccccc3)CCO2)cc1. The average Bonchev–Trinajstić information content (AvgIpc) is 2.62. The first kappa shape index (κ1) is 16.5. The van der Waals surface area contributed by atoms with Gasteiger partial charge in [0.05, 0.1) is 19.6 Å². The number of nitrogens with zero attached hydrogens (tertiary/aromatic N) is 1. The van der Waals surface area contributed by atoms with Crippen molar-refractivity contribution in [2.75, 3.05) is 26.3 Å². The van der Waals surface area contributed by atoms with Crippen LogP contribution >= 0.6 is 0 Å². The Morgan fingerprint density at radius 3 is 2.67 bits per heavy atom. The van der Waals surface area contributed by atoms with Crippen LogP contribution in [0.4, 0.5) is 0 Å². The van der Waals surface area contributed by atoms with Crippen LogP contribution in [0.2, 0.25) is 0 Å². The largest absolute Gasteiger partial charge is 0.491 e. The van der Waals surface area contributed by atoms with Gasteiger partial charge in [0, 0.05) is 6.54 Å². The maximum Gasteiger partial charge on any atom is 0.227 e. The summed E-state index contributed by atoms with van der Waals surface area (Å²) in [6.45, 7) is 4.29. The van der Waals surface area contributed by atoms with Gasteiger partial charge < -0.3 is 14.4 Å². The first-order valence-corrected chi connectivity index (χ1v) is 8.33. The van der Waals surface area contributed by atoms with Gasteiger partial charge in [-0.25, -0.2) is 0 Å². The number of hydrogen-bond acceptors (Lipinski definition) is 3. The van der Waals surface area contributed by atoms with E-state index in [9.17, 15) is 4.79 Å². The molecule has 1 atom stereocenters. The summed E-state index contributed by atoms with van der Waals surface area (Å²) in [7, 11) is 0. The highest BCUT2D eigenvalue weighted by Gasteiger charge is 2.24. The van der Waals surface area contributed by atoms with Gasteiger partial charge in [0.25, 0.3) is 0 Å². The summed E-state index contributed by atoms with van der Waals surface area (Å²) in [4.78, 5) is 14.3. The second-order valence-corrected chi connectivity index (χ2v) is 6.12. The number of rotatable bonds is 5. The van der Waals surface area contributed by atoms with E-state index in [0.717, 1.165) is 11.3 Å².